The van der Waals surface area contributed by atoms with E-state index in [0.29, 0.717) is 42.1 Å². The van der Waals surface area contributed by atoms with Crippen LogP contribution in [0.25, 0.3) is 0 Å². The molecule has 3 aromatic rings. The minimum absolute atomic E-state index is 0.0715. The van der Waals surface area contributed by atoms with Crippen LogP contribution in [0.2, 0.25) is 0 Å². The van der Waals surface area contributed by atoms with Gasteiger partial charge >= 0.3 is 6.09 Å². The molecule has 3 aromatic carbocycles. The molecule has 2 saturated heterocycles. The minimum Gasteiger partial charge on any atom is -0.490 e. The standard InChI is InChI=1S/C31H34N2O7S/c1-22-19-26(41(35,36)27-8-10-29-30(20-27)38-21-37-29)7-9-28(22)39-25-13-17-32(18-14-25)23-11-15-33(16-12-23)31(34)40-24-5-3-2-4-6-24/h2-10,19-20,23,25H,11-18,21H2,1H3. The van der Waals surface area contributed by atoms with Crippen LogP contribution in [-0.2, 0) is 9.84 Å². The summed E-state index contributed by atoms with van der Waals surface area (Å²) in [4.78, 5) is 17.2. The van der Waals surface area contributed by atoms with Crippen molar-refractivity contribution in [2.75, 3.05) is 33.0 Å². The van der Waals surface area contributed by atoms with Gasteiger partial charge in [-0.25, -0.2) is 13.2 Å². The number of sulfone groups is 1. The van der Waals surface area contributed by atoms with Crippen LogP contribution in [0, 0.1) is 6.92 Å². The number of fused-ring (bicyclic) bond motifs is 1. The first-order valence-corrected chi connectivity index (χ1v) is 15.5. The first kappa shape index (κ1) is 27.4. The molecule has 216 valence electrons. The van der Waals surface area contributed by atoms with E-state index in [4.69, 9.17) is 18.9 Å². The summed E-state index contributed by atoms with van der Waals surface area (Å²) in [6, 6.07) is 19.3. The summed E-state index contributed by atoms with van der Waals surface area (Å²) >= 11 is 0. The molecule has 0 saturated carbocycles. The van der Waals surface area contributed by atoms with Crippen LogP contribution in [0.3, 0.4) is 0 Å². The molecule has 0 radical (unpaired) electrons. The van der Waals surface area contributed by atoms with Crippen LogP contribution in [-0.4, -0.2) is 69.4 Å². The van der Waals surface area contributed by atoms with Crippen molar-refractivity contribution in [3.63, 3.8) is 0 Å². The van der Waals surface area contributed by atoms with Crippen LogP contribution >= 0.6 is 0 Å². The van der Waals surface area contributed by atoms with Gasteiger partial charge in [0.15, 0.2) is 11.5 Å². The fourth-order valence-corrected chi connectivity index (χ4v) is 7.07. The molecule has 3 aliphatic heterocycles. The minimum atomic E-state index is -3.71. The van der Waals surface area contributed by atoms with Crippen LogP contribution in [0.15, 0.2) is 76.5 Å². The zero-order valence-electron chi connectivity index (χ0n) is 23.0. The first-order chi connectivity index (χ1) is 19.9. The highest BCUT2D eigenvalue weighted by molar-refractivity contribution is 7.91. The van der Waals surface area contributed by atoms with Crippen molar-refractivity contribution >= 4 is 15.9 Å². The zero-order valence-corrected chi connectivity index (χ0v) is 23.8. The Kier molecular flexibility index (Phi) is 7.77. The number of rotatable bonds is 6. The van der Waals surface area contributed by atoms with Crippen LogP contribution < -0.4 is 18.9 Å². The van der Waals surface area contributed by atoms with E-state index in [2.05, 4.69) is 4.90 Å². The van der Waals surface area contributed by atoms with Gasteiger partial charge < -0.3 is 23.8 Å². The second kappa shape index (κ2) is 11.6. The summed E-state index contributed by atoms with van der Waals surface area (Å²) in [7, 11) is -3.71. The smallest absolute Gasteiger partial charge is 0.415 e. The number of carbonyl (C=O) groups excluding carboxylic acids is 1. The van der Waals surface area contributed by atoms with Gasteiger partial charge in [0.05, 0.1) is 9.79 Å². The van der Waals surface area contributed by atoms with E-state index in [1.165, 1.54) is 12.1 Å². The molecule has 3 aliphatic rings. The molecule has 2 fully saturated rings. The number of nitrogens with zero attached hydrogens (tertiary/aromatic N) is 2. The molecule has 41 heavy (non-hydrogen) atoms. The van der Waals surface area contributed by atoms with Gasteiger partial charge in [0, 0.05) is 38.3 Å². The molecule has 1 amide bonds. The Labute approximate surface area is 240 Å². The summed E-state index contributed by atoms with van der Waals surface area (Å²) < 4.78 is 49.0. The van der Waals surface area contributed by atoms with Crippen molar-refractivity contribution in [1.29, 1.82) is 0 Å². The van der Waals surface area contributed by atoms with E-state index < -0.39 is 9.84 Å². The fourth-order valence-electron chi connectivity index (χ4n) is 5.71. The van der Waals surface area contributed by atoms with E-state index in [-0.39, 0.29) is 28.8 Å². The highest BCUT2D eigenvalue weighted by atomic mass is 32.2. The predicted molar refractivity (Wildman–Crippen MR) is 151 cm³/mol. The molecule has 0 unspecified atom stereocenters. The van der Waals surface area contributed by atoms with Crippen molar-refractivity contribution < 1.29 is 32.2 Å². The van der Waals surface area contributed by atoms with Crippen molar-refractivity contribution in [2.45, 2.75) is 54.5 Å². The maximum Gasteiger partial charge on any atom is 0.415 e. The molecule has 0 bridgehead atoms. The summed E-state index contributed by atoms with van der Waals surface area (Å²) in [6.45, 7) is 5.20. The molecule has 0 N–H and O–H groups in total. The molecule has 0 aliphatic carbocycles. The van der Waals surface area contributed by atoms with Gasteiger partial charge in [-0.05, 0) is 80.6 Å². The van der Waals surface area contributed by atoms with E-state index in [1.54, 1.807) is 41.3 Å². The Morgan fingerprint density at radius 2 is 1.51 bits per heavy atom. The molecular formula is C31H34N2O7S. The molecule has 10 heteroatoms. The maximum absolute atomic E-state index is 13.2. The monoisotopic (exact) mass is 578 g/mol. The van der Waals surface area contributed by atoms with Crippen molar-refractivity contribution in [3.8, 4) is 23.0 Å². The zero-order chi connectivity index (χ0) is 28.4. The number of carbonyl (C=O) groups is 1. The van der Waals surface area contributed by atoms with Crippen LogP contribution in [0.1, 0.15) is 31.2 Å². The second-order valence-corrected chi connectivity index (χ2v) is 12.6. The lowest BCUT2D eigenvalue weighted by Crippen LogP contribution is -2.50. The Morgan fingerprint density at radius 1 is 0.829 bits per heavy atom. The van der Waals surface area contributed by atoms with Gasteiger partial charge in [0.25, 0.3) is 0 Å². The topological polar surface area (TPSA) is 94.6 Å². The van der Waals surface area contributed by atoms with Crippen LogP contribution in [0.5, 0.6) is 23.0 Å². The van der Waals surface area contributed by atoms with Gasteiger partial charge in [0.1, 0.15) is 17.6 Å². The highest BCUT2D eigenvalue weighted by Crippen LogP contribution is 2.36. The van der Waals surface area contributed by atoms with Gasteiger partial charge in [0.2, 0.25) is 16.6 Å². The lowest BCUT2D eigenvalue weighted by molar-refractivity contribution is 0.0494. The Morgan fingerprint density at radius 3 is 2.24 bits per heavy atom. The quantitative estimate of drug-likeness (QED) is 0.401. The lowest BCUT2D eigenvalue weighted by atomic mass is 9.99. The molecule has 0 atom stereocenters. The molecule has 0 spiro atoms. The number of ether oxygens (including phenoxy) is 4. The third-order valence-corrected chi connectivity index (χ3v) is 9.82. The van der Waals surface area contributed by atoms with E-state index in [0.717, 1.165) is 44.3 Å². The normalized spacial score (nSPS) is 18.3. The number of para-hydroxylation sites is 1. The predicted octanol–water partition coefficient (Wildman–Crippen LogP) is 5.06. The number of aryl methyl sites for hydroxylation is 1. The molecule has 0 aromatic heterocycles. The Balaban J connectivity index is 0.996. The average molecular weight is 579 g/mol. The number of hydrogen-bond acceptors (Lipinski definition) is 8. The SMILES string of the molecule is Cc1cc(S(=O)(=O)c2ccc3c(c2)OCO3)ccc1OC1CCN(C2CCN(C(=O)Oc3ccccc3)CC2)CC1. The Bertz CT molecular complexity index is 1500. The third kappa shape index (κ3) is 5.99. The lowest BCUT2D eigenvalue weighted by Gasteiger charge is -2.41. The number of amides is 1. The fraction of sp³-hybridized carbons (Fsp3) is 0.387. The number of hydrogen-bond donors (Lipinski definition) is 0. The van der Waals surface area contributed by atoms with Crippen molar-refractivity contribution in [2.24, 2.45) is 0 Å². The number of benzene rings is 3. The van der Waals surface area contributed by atoms with E-state index in [9.17, 15) is 13.2 Å². The summed E-state index contributed by atoms with van der Waals surface area (Å²) in [5.74, 6) is 2.25. The second-order valence-electron chi connectivity index (χ2n) is 10.7. The van der Waals surface area contributed by atoms with Gasteiger partial charge in [-0.3, -0.25) is 4.90 Å². The van der Waals surface area contributed by atoms with Gasteiger partial charge in [-0.2, -0.15) is 0 Å². The van der Waals surface area contributed by atoms with E-state index in [1.807, 2.05) is 25.1 Å². The molecular weight excluding hydrogens is 544 g/mol. The van der Waals surface area contributed by atoms with Crippen molar-refractivity contribution in [1.82, 2.24) is 9.80 Å². The number of piperidine rings is 2. The largest absolute Gasteiger partial charge is 0.490 e. The third-order valence-electron chi connectivity index (χ3n) is 8.07. The Hall–Kier alpha value is -3.76. The van der Waals surface area contributed by atoms with E-state index >= 15 is 0 Å². The summed E-state index contributed by atoms with van der Waals surface area (Å²) in [5, 5.41) is 0. The molecule has 3 heterocycles. The maximum atomic E-state index is 13.2. The summed E-state index contributed by atoms with van der Waals surface area (Å²) in [5.41, 5.74) is 0.781. The number of likely N-dealkylation sites (tertiary alicyclic amines) is 2. The first-order valence-electron chi connectivity index (χ1n) is 14.0. The summed E-state index contributed by atoms with van der Waals surface area (Å²) in [6.07, 6.45) is 3.43. The van der Waals surface area contributed by atoms with Gasteiger partial charge in [-0.15, -0.1) is 0 Å². The van der Waals surface area contributed by atoms with Crippen LogP contribution in [0.4, 0.5) is 4.79 Å². The average Bonchev–Trinajstić information content (AvgIpc) is 3.47. The highest BCUT2D eigenvalue weighted by Gasteiger charge is 2.31. The molecule has 6 rings (SSSR count). The molecule has 9 nitrogen and oxygen atoms in total. The van der Waals surface area contributed by atoms with Crippen molar-refractivity contribution in [3.05, 3.63) is 72.3 Å². The van der Waals surface area contributed by atoms with Gasteiger partial charge in [-0.1, -0.05) is 18.2 Å².